The van der Waals surface area contributed by atoms with Crippen molar-refractivity contribution >= 4 is 27.5 Å². The minimum Gasteiger partial charge on any atom is -0.352 e. The Morgan fingerprint density at radius 2 is 1.63 bits per heavy atom. The van der Waals surface area contributed by atoms with Crippen LogP contribution in [0.5, 0.6) is 0 Å². The highest BCUT2D eigenvalue weighted by Crippen LogP contribution is 2.19. The van der Waals surface area contributed by atoms with E-state index in [-0.39, 0.29) is 29.7 Å². The van der Waals surface area contributed by atoms with Crippen molar-refractivity contribution in [2.24, 2.45) is 0 Å². The molecule has 0 aromatic heterocycles. The van der Waals surface area contributed by atoms with E-state index in [9.17, 15) is 18.0 Å². The molecule has 3 rings (SSSR count). The number of nitrogens with one attached hydrogen (secondary N) is 2. The van der Waals surface area contributed by atoms with Gasteiger partial charge in [-0.3, -0.25) is 14.3 Å². The van der Waals surface area contributed by atoms with E-state index in [1.54, 1.807) is 42.5 Å². The number of hydrogen-bond donors (Lipinski definition) is 2. The average Bonchev–Trinajstić information content (AvgIpc) is 3.25. The largest absolute Gasteiger partial charge is 0.352 e. The second-order valence-corrected chi connectivity index (χ2v) is 9.21. The van der Waals surface area contributed by atoms with Crippen LogP contribution < -0.4 is 10.0 Å². The normalized spacial score (nSPS) is 13.9. The van der Waals surface area contributed by atoms with Crippen molar-refractivity contribution in [2.45, 2.75) is 38.0 Å². The summed E-state index contributed by atoms with van der Waals surface area (Å²) in [5.41, 5.74) is 2.69. The molecule has 2 N–H and O–H groups in total. The Labute approximate surface area is 177 Å². The predicted molar refractivity (Wildman–Crippen MR) is 116 cm³/mol. The number of amides is 2. The summed E-state index contributed by atoms with van der Waals surface area (Å²) in [6, 6.07) is 11.2. The van der Waals surface area contributed by atoms with Gasteiger partial charge in [-0.25, -0.2) is 8.42 Å². The minimum absolute atomic E-state index is 0.0592. The maximum absolute atomic E-state index is 12.6. The number of sulfonamides is 1. The Balaban J connectivity index is 1.55. The van der Waals surface area contributed by atoms with E-state index in [1.165, 1.54) is 0 Å². The van der Waals surface area contributed by atoms with Gasteiger partial charge in [0.1, 0.15) is 0 Å². The minimum atomic E-state index is -3.71. The lowest BCUT2D eigenvalue weighted by atomic mass is 10.1. The zero-order valence-corrected chi connectivity index (χ0v) is 18.1. The van der Waals surface area contributed by atoms with Crippen LogP contribution in [0.3, 0.4) is 0 Å². The molecule has 1 aliphatic heterocycles. The molecule has 0 aliphatic carbocycles. The van der Waals surface area contributed by atoms with Crippen molar-refractivity contribution < 1.29 is 18.0 Å². The maximum atomic E-state index is 12.6. The van der Waals surface area contributed by atoms with Crippen LogP contribution in [-0.2, 0) is 14.8 Å². The van der Waals surface area contributed by atoms with Gasteiger partial charge in [-0.05, 0) is 74.2 Å². The Morgan fingerprint density at radius 1 is 0.967 bits per heavy atom. The first-order valence-electron chi connectivity index (χ1n) is 10.0. The lowest BCUT2D eigenvalue weighted by Crippen LogP contribution is -2.32. The number of rotatable bonds is 7. The molecule has 160 valence electrons. The molecule has 0 bridgehead atoms. The molecule has 8 heteroatoms. The number of carbonyl (C=O) groups is 2. The first-order valence-corrected chi connectivity index (χ1v) is 11.5. The first kappa shape index (κ1) is 21.8. The van der Waals surface area contributed by atoms with Gasteiger partial charge in [0.15, 0.2) is 0 Å². The highest BCUT2D eigenvalue weighted by molar-refractivity contribution is 7.92. The quantitative estimate of drug-likeness (QED) is 0.707. The molecule has 2 amide bonds. The predicted octanol–water partition coefficient (Wildman–Crippen LogP) is 2.85. The van der Waals surface area contributed by atoms with E-state index in [0.717, 1.165) is 37.1 Å². The highest BCUT2D eigenvalue weighted by Gasteiger charge is 2.18. The lowest BCUT2D eigenvalue weighted by molar-refractivity contribution is -0.129. The molecule has 30 heavy (non-hydrogen) atoms. The molecule has 1 heterocycles. The summed E-state index contributed by atoms with van der Waals surface area (Å²) in [4.78, 5) is 26.3. The van der Waals surface area contributed by atoms with Crippen molar-refractivity contribution in [3.8, 4) is 0 Å². The Bertz CT molecular complexity index is 1030. The van der Waals surface area contributed by atoms with Gasteiger partial charge < -0.3 is 10.2 Å². The number of aryl methyl sites for hydroxylation is 2. The fourth-order valence-electron chi connectivity index (χ4n) is 3.29. The third-order valence-electron chi connectivity index (χ3n) is 5.27. The van der Waals surface area contributed by atoms with E-state index in [1.807, 2.05) is 18.7 Å². The summed E-state index contributed by atoms with van der Waals surface area (Å²) in [5, 5.41) is 2.73. The summed E-state index contributed by atoms with van der Waals surface area (Å²) in [6.45, 7) is 5.65. The number of hydrogen-bond acceptors (Lipinski definition) is 4. The molecule has 0 saturated carbocycles. The molecule has 2 aromatic rings. The monoisotopic (exact) mass is 429 g/mol. The van der Waals surface area contributed by atoms with Crippen LogP contribution >= 0.6 is 0 Å². The van der Waals surface area contributed by atoms with Gasteiger partial charge in [0.2, 0.25) is 5.91 Å². The van der Waals surface area contributed by atoms with E-state index in [4.69, 9.17) is 0 Å². The zero-order chi connectivity index (χ0) is 21.7. The fraction of sp³-hybridized carbons (Fsp3) is 0.364. The Morgan fingerprint density at radius 3 is 2.27 bits per heavy atom. The number of nitrogens with zero attached hydrogens (tertiary/aromatic N) is 1. The van der Waals surface area contributed by atoms with Crippen molar-refractivity contribution in [1.82, 2.24) is 10.2 Å². The van der Waals surface area contributed by atoms with E-state index < -0.39 is 10.0 Å². The fourth-order valence-corrected chi connectivity index (χ4v) is 4.44. The van der Waals surface area contributed by atoms with Crippen LogP contribution in [0.15, 0.2) is 47.4 Å². The average molecular weight is 430 g/mol. The van der Waals surface area contributed by atoms with Crippen molar-refractivity contribution in [3.63, 3.8) is 0 Å². The van der Waals surface area contributed by atoms with Gasteiger partial charge in [0.05, 0.1) is 4.90 Å². The van der Waals surface area contributed by atoms with Crippen LogP contribution in [0.1, 0.15) is 40.7 Å². The van der Waals surface area contributed by atoms with Crippen molar-refractivity contribution in [3.05, 3.63) is 59.2 Å². The molecule has 7 nitrogen and oxygen atoms in total. The van der Waals surface area contributed by atoms with Crippen LogP contribution in [0.25, 0.3) is 0 Å². The number of likely N-dealkylation sites (tertiary alicyclic amines) is 1. The van der Waals surface area contributed by atoms with E-state index in [0.29, 0.717) is 11.3 Å². The summed E-state index contributed by atoms with van der Waals surface area (Å²) < 4.78 is 27.7. The molecule has 1 fully saturated rings. The standard InChI is InChI=1S/C22H27N3O4S/c1-16-5-10-20(15-17(16)2)30(28,29)24-19-8-6-18(7-9-19)22(27)23-12-11-21(26)25-13-3-4-14-25/h5-10,15,24H,3-4,11-14H2,1-2H3,(H,23,27). The molecule has 0 radical (unpaired) electrons. The summed E-state index contributed by atoms with van der Waals surface area (Å²) >= 11 is 0. The van der Waals surface area contributed by atoms with Crippen molar-refractivity contribution in [2.75, 3.05) is 24.4 Å². The smallest absolute Gasteiger partial charge is 0.261 e. The molecular formula is C22H27N3O4S. The molecule has 2 aromatic carbocycles. The lowest BCUT2D eigenvalue weighted by Gasteiger charge is -2.15. The van der Waals surface area contributed by atoms with E-state index >= 15 is 0 Å². The van der Waals surface area contributed by atoms with Gasteiger partial charge in [-0.1, -0.05) is 6.07 Å². The van der Waals surface area contributed by atoms with Crippen LogP contribution in [0, 0.1) is 13.8 Å². The van der Waals surface area contributed by atoms with Gasteiger partial charge in [0.25, 0.3) is 15.9 Å². The highest BCUT2D eigenvalue weighted by atomic mass is 32.2. The van der Waals surface area contributed by atoms with Gasteiger partial charge in [-0.15, -0.1) is 0 Å². The van der Waals surface area contributed by atoms with Crippen LogP contribution in [0.2, 0.25) is 0 Å². The van der Waals surface area contributed by atoms with Crippen LogP contribution in [-0.4, -0.2) is 44.8 Å². The van der Waals surface area contributed by atoms with Gasteiger partial charge in [0, 0.05) is 37.3 Å². The second-order valence-electron chi connectivity index (χ2n) is 7.52. The number of carbonyl (C=O) groups excluding carboxylic acids is 2. The molecular weight excluding hydrogens is 402 g/mol. The second kappa shape index (κ2) is 9.30. The summed E-state index contributed by atoms with van der Waals surface area (Å²) in [6.07, 6.45) is 2.36. The molecule has 1 saturated heterocycles. The molecule has 0 unspecified atom stereocenters. The third-order valence-corrected chi connectivity index (χ3v) is 6.65. The van der Waals surface area contributed by atoms with Gasteiger partial charge in [-0.2, -0.15) is 0 Å². The number of benzene rings is 2. The zero-order valence-electron chi connectivity index (χ0n) is 17.3. The Hall–Kier alpha value is -2.87. The topological polar surface area (TPSA) is 95.6 Å². The molecule has 0 atom stereocenters. The van der Waals surface area contributed by atoms with Crippen LogP contribution in [0.4, 0.5) is 5.69 Å². The first-order chi connectivity index (χ1) is 14.3. The molecule has 1 aliphatic rings. The maximum Gasteiger partial charge on any atom is 0.261 e. The molecule has 0 spiro atoms. The van der Waals surface area contributed by atoms with E-state index in [2.05, 4.69) is 10.0 Å². The van der Waals surface area contributed by atoms with Crippen molar-refractivity contribution in [1.29, 1.82) is 0 Å². The number of anilines is 1. The SMILES string of the molecule is Cc1ccc(S(=O)(=O)Nc2ccc(C(=O)NCCC(=O)N3CCCC3)cc2)cc1C. The summed E-state index contributed by atoms with van der Waals surface area (Å²) in [7, 11) is -3.71. The van der Waals surface area contributed by atoms with Gasteiger partial charge >= 0.3 is 0 Å². The third kappa shape index (κ3) is 5.38. The Kier molecular flexibility index (Phi) is 6.77. The summed E-state index contributed by atoms with van der Waals surface area (Å²) in [5.74, 6) is -0.239.